The van der Waals surface area contributed by atoms with Crippen molar-refractivity contribution in [2.45, 2.75) is 37.6 Å². The molecule has 0 radical (unpaired) electrons. The number of urea groups is 2. The molecule has 2 fully saturated rings. The Balaban J connectivity index is 1.66. The van der Waals surface area contributed by atoms with E-state index in [0.29, 0.717) is 31.6 Å². The van der Waals surface area contributed by atoms with Gasteiger partial charge in [0.25, 0.3) is 6.43 Å². The number of imide groups is 1. The molecule has 0 aromatic heterocycles. The molecule has 1 unspecified atom stereocenters. The Morgan fingerprint density at radius 1 is 1.08 bits per heavy atom. The number of nitrogens with zero attached hydrogens (tertiary/aromatic N) is 1. The van der Waals surface area contributed by atoms with Gasteiger partial charge < -0.3 is 15.4 Å². The topological polar surface area (TPSA) is 82.7 Å². The number of halogens is 2. The molecule has 7 nitrogen and oxygen atoms in total. The van der Waals surface area contributed by atoms with E-state index in [4.69, 9.17) is 4.74 Å². The highest BCUT2D eigenvalue weighted by atomic mass is 19.3. The molecule has 0 saturated carbocycles. The minimum absolute atomic E-state index is 0.255. The lowest BCUT2D eigenvalue weighted by Gasteiger charge is -2.39. The van der Waals surface area contributed by atoms with Gasteiger partial charge in [0.1, 0.15) is 0 Å². The Morgan fingerprint density at radius 2 is 1.68 bits per heavy atom. The summed E-state index contributed by atoms with van der Waals surface area (Å²) in [6.07, 6.45) is -2.66. The van der Waals surface area contributed by atoms with Gasteiger partial charge in [-0.1, -0.05) is 30.3 Å². The minimum Gasteiger partial charge on any atom is -0.381 e. The number of ether oxygens (including phenoxy) is 1. The highest BCUT2D eigenvalue weighted by molar-refractivity contribution is 5.96. The van der Waals surface area contributed by atoms with Crippen LogP contribution in [-0.4, -0.2) is 48.9 Å². The Morgan fingerprint density at radius 3 is 2.24 bits per heavy atom. The van der Waals surface area contributed by atoms with Crippen molar-refractivity contribution in [2.75, 3.05) is 13.2 Å². The first-order chi connectivity index (χ1) is 12.1. The average Bonchev–Trinajstić information content (AvgIpc) is 2.60. The Hall–Kier alpha value is -2.26. The van der Waals surface area contributed by atoms with Crippen molar-refractivity contribution in [2.24, 2.45) is 0 Å². The molecule has 25 heavy (non-hydrogen) atoms. The number of carbonyl (C=O) groups excluding carboxylic acids is 2. The third-order valence-corrected chi connectivity index (χ3v) is 4.29. The molecule has 2 aliphatic heterocycles. The zero-order chi connectivity index (χ0) is 17.8. The summed E-state index contributed by atoms with van der Waals surface area (Å²) in [4.78, 5) is 25.7. The maximum Gasteiger partial charge on any atom is 0.328 e. The van der Waals surface area contributed by atoms with E-state index in [0.717, 1.165) is 4.90 Å². The molecular formula is C16H20F2N4O3. The summed E-state index contributed by atoms with van der Waals surface area (Å²) >= 11 is 0. The molecule has 1 aromatic carbocycles. The van der Waals surface area contributed by atoms with Crippen LogP contribution in [0.15, 0.2) is 30.3 Å². The SMILES string of the molecule is O=C1NC(NC(c2ccccc2)C(F)F)NC(=O)N1C1CCOCC1. The number of benzene rings is 1. The van der Waals surface area contributed by atoms with E-state index in [1.807, 2.05) is 0 Å². The molecule has 0 aliphatic carbocycles. The number of nitrogens with one attached hydrogen (secondary N) is 3. The quantitative estimate of drug-likeness (QED) is 0.753. The zero-order valence-corrected chi connectivity index (χ0v) is 13.5. The molecule has 1 atom stereocenters. The van der Waals surface area contributed by atoms with Crippen molar-refractivity contribution >= 4 is 12.1 Å². The summed E-state index contributed by atoms with van der Waals surface area (Å²) in [5.74, 6) is 0. The number of carbonyl (C=O) groups is 2. The predicted octanol–water partition coefficient (Wildman–Crippen LogP) is 1.78. The van der Waals surface area contributed by atoms with Gasteiger partial charge in [0.15, 0.2) is 6.29 Å². The summed E-state index contributed by atoms with van der Waals surface area (Å²) in [5, 5.41) is 7.63. The summed E-state index contributed by atoms with van der Waals surface area (Å²) in [7, 11) is 0. The maximum absolute atomic E-state index is 13.4. The number of amides is 4. The van der Waals surface area contributed by atoms with Crippen LogP contribution >= 0.6 is 0 Å². The van der Waals surface area contributed by atoms with E-state index >= 15 is 0 Å². The highest BCUT2D eigenvalue weighted by Crippen LogP contribution is 2.22. The van der Waals surface area contributed by atoms with Crippen molar-refractivity contribution in [3.8, 4) is 0 Å². The monoisotopic (exact) mass is 354 g/mol. The second-order valence-corrected chi connectivity index (χ2v) is 5.94. The van der Waals surface area contributed by atoms with E-state index in [1.165, 1.54) is 0 Å². The standard InChI is InChI=1S/C16H20F2N4O3/c17-13(18)12(10-4-2-1-3-5-10)19-14-20-15(23)22(16(24)21-14)11-6-8-25-9-7-11/h1-5,11-14,19H,6-9H2,(H,20,23)(H,21,24). The van der Waals surface area contributed by atoms with Gasteiger partial charge in [0, 0.05) is 19.3 Å². The molecule has 9 heteroatoms. The van der Waals surface area contributed by atoms with Crippen LogP contribution in [0.1, 0.15) is 24.4 Å². The minimum atomic E-state index is -2.70. The lowest BCUT2D eigenvalue weighted by Crippen LogP contribution is -2.70. The second-order valence-electron chi connectivity index (χ2n) is 5.94. The van der Waals surface area contributed by atoms with Crippen molar-refractivity contribution in [1.29, 1.82) is 0 Å². The molecule has 136 valence electrons. The van der Waals surface area contributed by atoms with E-state index in [-0.39, 0.29) is 6.04 Å². The Labute approximate surface area is 143 Å². The third kappa shape index (κ3) is 4.05. The van der Waals surface area contributed by atoms with Crippen LogP contribution in [0, 0.1) is 0 Å². The lowest BCUT2D eigenvalue weighted by molar-refractivity contribution is 0.0457. The fourth-order valence-corrected chi connectivity index (χ4v) is 3.03. The van der Waals surface area contributed by atoms with Crippen LogP contribution in [0.25, 0.3) is 0 Å². The lowest BCUT2D eigenvalue weighted by atomic mass is 10.1. The molecule has 3 rings (SSSR count). The number of rotatable bonds is 5. The van der Waals surface area contributed by atoms with Crippen molar-refractivity contribution in [3.63, 3.8) is 0 Å². The molecule has 3 N–H and O–H groups in total. The average molecular weight is 354 g/mol. The van der Waals surface area contributed by atoms with Gasteiger partial charge in [0.2, 0.25) is 0 Å². The first-order valence-corrected chi connectivity index (χ1v) is 8.13. The number of alkyl halides is 2. The molecule has 0 spiro atoms. The van der Waals surface area contributed by atoms with Crippen molar-refractivity contribution < 1.29 is 23.1 Å². The van der Waals surface area contributed by atoms with Gasteiger partial charge in [-0.3, -0.25) is 5.32 Å². The third-order valence-electron chi connectivity index (χ3n) is 4.29. The Kier molecular flexibility index (Phi) is 5.44. The van der Waals surface area contributed by atoms with Crippen molar-refractivity contribution in [3.05, 3.63) is 35.9 Å². The summed E-state index contributed by atoms with van der Waals surface area (Å²) in [6, 6.07) is 5.37. The number of hydrogen-bond acceptors (Lipinski definition) is 4. The van der Waals surface area contributed by atoms with E-state index in [2.05, 4.69) is 16.0 Å². The van der Waals surface area contributed by atoms with Gasteiger partial charge >= 0.3 is 12.1 Å². The van der Waals surface area contributed by atoms with Crippen LogP contribution in [0.2, 0.25) is 0 Å². The highest BCUT2D eigenvalue weighted by Gasteiger charge is 2.38. The first kappa shape index (κ1) is 17.6. The van der Waals surface area contributed by atoms with Gasteiger partial charge in [-0.15, -0.1) is 0 Å². The molecule has 2 aliphatic rings. The fraction of sp³-hybridized carbons (Fsp3) is 0.500. The van der Waals surface area contributed by atoms with Crippen molar-refractivity contribution in [1.82, 2.24) is 20.9 Å². The molecule has 2 saturated heterocycles. The summed E-state index contributed by atoms with van der Waals surface area (Å²) in [5.41, 5.74) is 0.368. The van der Waals surface area contributed by atoms with E-state index < -0.39 is 30.8 Å². The van der Waals surface area contributed by atoms with Crippen LogP contribution in [-0.2, 0) is 4.74 Å². The van der Waals surface area contributed by atoms with Gasteiger partial charge in [-0.25, -0.2) is 23.3 Å². The largest absolute Gasteiger partial charge is 0.381 e. The van der Waals surface area contributed by atoms with Crippen LogP contribution < -0.4 is 16.0 Å². The van der Waals surface area contributed by atoms with Crippen LogP contribution in [0.3, 0.4) is 0 Å². The zero-order valence-electron chi connectivity index (χ0n) is 13.5. The van der Waals surface area contributed by atoms with Crippen LogP contribution in [0.4, 0.5) is 18.4 Å². The first-order valence-electron chi connectivity index (χ1n) is 8.13. The second kappa shape index (κ2) is 7.75. The fourth-order valence-electron chi connectivity index (χ4n) is 3.03. The molecule has 0 bridgehead atoms. The molecule has 4 amide bonds. The van der Waals surface area contributed by atoms with E-state index in [1.54, 1.807) is 30.3 Å². The molecule has 2 heterocycles. The summed E-state index contributed by atoms with van der Waals surface area (Å²) < 4.78 is 32.0. The summed E-state index contributed by atoms with van der Waals surface area (Å²) in [6.45, 7) is 0.954. The van der Waals surface area contributed by atoms with Gasteiger partial charge in [-0.2, -0.15) is 0 Å². The Bertz CT molecular complexity index is 593. The predicted molar refractivity (Wildman–Crippen MR) is 84.9 cm³/mol. The van der Waals surface area contributed by atoms with E-state index in [9.17, 15) is 18.4 Å². The van der Waals surface area contributed by atoms with Crippen LogP contribution in [0.5, 0.6) is 0 Å². The normalized spacial score (nSPS) is 21.2. The molecule has 1 aromatic rings. The maximum atomic E-state index is 13.4. The number of hydrogen-bond donors (Lipinski definition) is 3. The van der Waals surface area contributed by atoms with Gasteiger partial charge in [0.05, 0.1) is 6.04 Å². The molecular weight excluding hydrogens is 334 g/mol. The smallest absolute Gasteiger partial charge is 0.328 e. The van der Waals surface area contributed by atoms with Gasteiger partial charge in [-0.05, 0) is 18.4 Å².